The van der Waals surface area contributed by atoms with E-state index in [1.165, 1.54) is 28.7 Å². The number of piperazine rings is 1. The Labute approximate surface area is 256 Å². The number of benzene rings is 2. The molecule has 0 N–H and O–H groups in total. The second kappa shape index (κ2) is 12.6. The molecule has 0 bridgehead atoms. The largest absolute Gasteiger partial charge is 0.444 e. The molecule has 14 heteroatoms. The predicted molar refractivity (Wildman–Crippen MR) is 159 cm³/mol. The number of anilines is 1. The van der Waals surface area contributed by atoms with Gasteiger partial charge in [-0.15, -0.1) is 11.8 Å². The Morgan fingerprint density at radius 2 is 1.75 bits per heavy atom. The molecule has 0 saturated carbocycles. The molecule has 1 amide bonds. The molecule has 238 valence electrons. The van der Waals surface area contributed by atoms with Gasteiger partial charge in [-0.25, -0.2) is 14.0 Å². The molecule has 0 unspecified atom stereocenters. The molecule has 2 aliphatic heterocycles. The Hall–Kier alpha value is -3.36. The Morgan fingerprint density at radius 3 is 2.36 bits per heavy atom. The first-order chi connectivity index (χ1) is 20.8. The van der Waals surface area contributed by atoms with Crippen LogP contribution in [-0.4, -0.2) is 84.5 Å². The van der Waals surface area contributed by atoms with Crippen LogP contribution in [0.4, 0.5) is 28.2 Å². The number of halogens is 4. The minimum Gasteiger partial charge on any atom is -0.444 e. The van der Waals surface area contributed by atoms with Crippen molar-refractivity contribution in [2.45, 2.75) is 50.1 Å². The molecule has 0 spiro atoms. The number of thioether (sulfide) groups is 1. The zero-order valence-corrected chi connectivity index (χ0v) is 25.7. The molecule has 9 nitrogen and oxygen atoms in total. The highest BCUT2D eigenvalue weighted by Gasteiger charge is 2.39. The zero-order valence-electron chi connectivity index (χ0n) is 24.9. The van der Waals surface area contributed by atoms with Crippen molar-refractivity contribution in [2.24, 2.45) is 0 Å². The summed E-state index contributed by atoms with van der Waals surface area (Å²) in [7, 11) is 1.53. The fraction of sp³-hybridized carbons (Fsp3) is 0.500. The van der Waals surface area contributed by atoms with Gasteiger partial charge < -0.3 is 24.0 Å². The summed E-state index contributed by atoms with van der Waals surface area (Å²) >= 11 is 1.16. The summed E-state index contributed by atoms with van der Waals surface area (Å²) in [5.74, 6) is -0.205. The third-order valence-electron chi connectivity index (χ3n) is 7.31. The molecule has 1 fully saturated rings. The van der Waals surface area contributed by atoms with E-state index in [1.54, 1.807) is 25.7 Å². The van der Waals surface area contributed by atoms with Gasteiger partial charge in [-0.1, -0.05) is 12.1 Å². The van der Waals surface area contributed by atoms with E-state index in [-0.39, 0.29) is 72.3 Å². The van der Waals surface area contributed by atoms with Gasteiger partial charge in [0.2, 0.25) is 0 Å². The van der Waals surface area contributed by atoms with E-state index in [4.69, 9.17) is 14.2 Å². The maximum absolute atomic E-state index is 14.8. The van der Waals surface area contributed by atoms with Crippen molar-refractivity contribution in [1.82, 2.24) is 14.5 Å². The first-order valence-corrected chi connectivity index (χ1v) is 15.2. The molecular weight excluding hydrogens is 604 g/mol. The van der Waals surface area contributed by atoms with E-state index in [9.17, 15) is 27.2 Å². The number of hydrogen-bond donors (Lipinski definition) is 0. The Bertz CT molecular complexity index is 1580. The summed E-state index contributed by atoms with van der Waals surface area (Å²) in [6.45, 7) is 6.85. The van der Waals surface area contributed by atoms with Gasteiger partial charge in [-0.3, -0.25) is 4.57 Å². The smallest absolute Gasteiger partial charge is 0.417 e. The van der Waals surface area contributed by atoms with Crippen LogP contribution in [0.15, 0.2) is 40.0 Å². The summed E-state index contributed by atoms with van der Waals surface area (Å²) in [5.41, 5.74) is -1.88. The molecule has 2 aromatic carbocycles. The van der Waals surface area contributed by atoms with Crippen LogP contribution in [-0.2, 0) is 26.9 Å². The van der Waals surface area contributed by atoms with Gasteiger partial charge in [-0.2, -0.15) is 18.2 Å². The molecule has 3 aromatic rings. The number of amides is 1. The van der Waals surface area contributed by atoms with E-state index in [2.05, 4.69) is 4.98 Å². The van der Waals surface area contributed by atoms with Crippen molar-refractivity contribution in [3.63, 3.8) is 0 Å². The van der Waals surface area contributed by atoms with Crippen LogP contribution >= 0.6 is 11.8 Å². The van der Waals surface area contributed by atoms with Crippen LogP contribution in [0.2, 0.25) is 0 Å². The fourth-order valence-corrected chi connectivity index (χ4v) is 6.61. The SMILES string of the molecule is COCCO[C@@H]1CSc2c(-c3ccc(F)cc3)c(C(F)(F)F)cc3c(N4CCN(C(=O)OC(C)(C)C)CC4)nc(=O)n(c23)C1. The number of carbonyl (C=O) groups is 1. The molecule has 1 saturated heterocycles. The first-order valence-electron chi connectivity index (χ1n) is 14.2. The van der Waals surface area contributed by atoms with Gasteiger partial charge in [0.25, 0.3) is 0 Å². The van der Waals surface area contributed by atoms with Crippen molar-refractivity contribution in [2.75, 3.05) is 57.2 Å². The number of methoxy groups -OCH3 is 1. The molecule has 44 heavy (non-hydrogen) atoms. The third-order valence-corrected chi connectivity index (χ3v) is 8.53. The van der Waals surface area contributed by atoms with E-state index in [1.807, 2.05) is 0 Å². The van der Waals surface area contributed by atoms with Crippen LogP contribution in [0.1, 0.15) is 26.3 Å². The van der Waals surface area contributed by atoms with E-state index in [0.717, 1.165) is 30.0 Å². The number of carbonyl (C=O) groups excluding carboxylic acids is 1. The van der Waals surface area contributed by atoms with Crippen LogP contribution in [0.25, 0.3) is 22.0 Å². The second-order valence-electron chi connectivity index (χ2n) is 11.6. The minimum atomic E-state index is -4.77. The minimum absolute atomic E-state index is 0.0764. The van der Waals surface area contributed by atoms with Crippen LogP contribution in [0, 0.1) is 5.82 Å². The molecule has 1 atom stereocenters. The highest BCUT2D eigenvalue weighted by atomic mass is 32.2. The summed E-state index contributed by atoms with van der Waals surface area (Å²) in [4.78, 5) is 34.0. The van der Waals surface area contributed by atoms with E-state index < -0.39 is 41.0 Å². The van der Waals surface area contributed by atoms with Crippen molar-refractivity contribution in [1.29, 1.82) is 0 Å². The number of hydrogen-bond acceptors (Lipinski definition) is 8. The van der Waals surface area contributed by atoms with Crippen LogP contribution in [0.3, 0.4) is 0 Å². The lowest BCUT2D eigenvalue weighted by Crippen LogP contribution is -2.50. The third kappa shape index (κ3) is 6.81. The number of nitrogens with zero attached hydrogens (tertiary/aromatic N) is 4. The highest BCUT2D eigenvalue weighted by Crippen LogP contribution is 2.48. The Morgan fingerprint density at radius 1 is 1.07 bits per heavy atom. The normalized spacial score (nSPS) is 17.6. The number of alkyl halides is 3. The Kier molecular flexibility index (Phi) is 9.15. The van der Waals surface area contributed by atoms with Gasteiger partial charge in [0.05, 0.1) is 36.9 Å². The van der Waals surface area contributed by atoms with Gasteiger partial charge in [0.15, 0.2) is 0 Å². The zero-order chi connectivity index (χ0) is 31.8. The molecule has 0 aliphatic carbocycles. The van der Waals surface area contributed by atoms with Crippen LogP contribution < -0.4 is 10.6 Å². The summed E-state index contributed by atoms with van der Waals surface area (Å²) < 4.78 is 76.1. The summed E-state index contributed by atoms with van der Waals surface area (Å²) in [6.07, 6.45) is -5.77. The first kappa shape index (κ1) is 32.0. The average molecular weight is 639 g/mol. The van der Waals surface area contributed by atoms with Crippen molar-refractivity contribution < 1.29 is 36.6 Å². The van der Waals surface area contributed by atoms with Gasteiger partial charge in [0.1, 0.15) is 17.2 Å². The standard InChI is InChI=1S/C30H34F4N4O5S/c1-29(2,3)43-28(40)37-11-9-36(10-12-37)26-21-15-22(30(32,33)34)23(18-5-7-19(31)8-6-18)25-24(21)38(27(39)35-26)16-20(17-44-25)42-14-13-41-4/h5-8,15,20H,9-14,16-17H2,1-4H3/t20-/m0/s1. The topological polar surface area (TPSA) is 86.1 Å². The van der Waals surface area contributed by atoms with Gasteiger partial charge in [-0.05, 0) is 44.5 Å². The predicted octanol–water partition coefficient (Wildman–Crippen LogP) is 5.42. The molecular formula is C30H34F4N4O5S. The maximum Gasteiger partial charge on any atom is 0.417 e. The van der Waals surface area contributed by atoms with Gasteiger partial charge in [0, 0.05) is 54.9 Å². The van der Waals surface area contributed by atoms with Crippen LogP contribution in [0.5, 0.6) is 0 Å². The van der Waals surface area contributed by atoms with E-state index in [0.29, 0.717) is 12.1 Å². The quantitative estimate of drug-likeness (QED) is 0.262. The molecule has 2 aliphatic rings. The lowest BCUT2D eigenvalue weighted by Gasteiger charge is -2.36. The fourth-order valence-electron chi connectivity index (χ4n) is 5.33. The Balaban J connectivity index is 1.66. The molecule has 5 rings (SSSR count). The highest BCUT2D eigenvalue weighted by molar-refractivity contribution is 7.99. The summed E-state index contributed by atoms with van der Waals surface area (Å²) in [6, 6.07) is 5.86. The maximum atomic E-state index is 14.8. The van der Waals surface area contributed by atoms with Gasteiger partial charge >= 0.3 is 18.0 Å². The number of ether oxygens (including phenoxy) is 3. The molecule has 1 aromatic heterocycles. The monoisotopic (exact) mass is 638 g/mol. The molecule has 0 radical (unpaired) electrons. The summed E-state index contributed by atoms with van der Waals surface area (Å²) in [5, 5.41) is 0.161. The van der Waals surface area contributed by atoms with Crippen molar-refractivity contribution >= 4 is 34.6 Å². The number of aromatic nitrogens is 2. The lowest BCUT2D eigenvalue weighted by molar-refractivity contribution is -0.137. The average Bonchev–Trinajstić information content (AvgIpc) is 3.15. The van der Waals surface area contributed by atoms with Crippen molar-refractivity contribution in [3.05, 3.63) is 52.2 Å². The lowest BCUT2D eigenvalue weighted by atomic mass is 9.96. The van der Waals surface area contributed by atoms with Crippen molar-refractivity contribution in [3.8, 4) is 11.1 Å². The second-order valence-corrected chi connectivity index (χ2v) is 12.6. The molecule has 3 heterocycles. The van der Waals surface area contributed by atoms with E-state index >= 15 is 0 Å². The number of rotatable bonds is 6.